The molecule has 1 N–H and O–H groups in total. The van der Waals surface area contributed by atoms with Gasteiger partial charge in [-0.25, -0.2) is 0 Å². The summed E-state index contributed by atoms with van der Waals surface area (Å²) >= 11 is 6.23. The molecule has 0 bridgehead atoms. The van der Waals surface area contributed by atoms with E-state index in [-0.39, 0.29) is 0 Å². The Labute approximate surface area is 123 Å². The summed E-state index contributed by atoms with van der Waals surface area (Å²) in [4.78, 5) is 2.39. The zero-order valence-electron chi connectivity index (χ0n) is 12.1. The lowest BCUT2D eigenvalue weighted by Gasteiger charge is -2.16. The molecule has 5 nitrogen and oxygen atoms in total. The maximum atomic E-state index is 6.23. The lowest BCUT2D eigenvalue weighted by molar-refractivity contribution is 0.307. The number of hydrogen-bond acceptors (Lipinski definition) is 3. The third kappa shape index (κ3) is 2.47. The van der Waals surface area contributed by atoms with Crippen molar-refractivity contribution in [3.8, 4) is 0 Å². The van der Waals surface area contributed by atoms with E-state index in [1.807, 2.05) is 13.8 Å². The molecule has 3 heterocycles. The van der Waals surface area contributed by atoms with Crippen molar-refractivity contribution in [3.63, 3.8) is 0 Å². The minimum Gasteiger partial charge on any atom is -0.295 e. The molecule has 0 aliphatic carbocycles. The average Bonchev–Trinajstić information content (AvgIpc) is 3.06. The Balaban J connectivity index is 1.68. The van der Waals surface area contributed by atoms with E-state index in [9.17, 15) is 0 Å². The molecule has 0 radical (unpaired) electrons. The molecule has 3 rings (SSSR count). The van der Waals surface area contributed by atoms with Gasteiger partial charge in [-0.05, 0) is 33.3 Å². The number of aromatic nitrogens is 4. The van der Waals surface area contributed by atoms with Gasteiger partial charge in [0.1, 0.15) is 0 Å². The van der Waals surface area contributed by atoms with Crippen molar-refractivity contribution in [1.82, 2.24) is 24.9 Å². The van der Waals surface area contributed by atoms with Crippen LogP contribution in [0, 0.1) is 20.8 Å². The summed E-state index contributed by atoms with van der Waals surface area (Å²) in [7, 11) is 0. The standard InChI is InChI=1S/C14H20ClN5/c1-9-6-10(2)20(18-9)12-4-5-19(7-12)8-13-14(15)11(3)16-17-13/h6,12H,4-5,7-8H2,1-3H3,(H,16,17)/t12-/m1/s1. The lowest BCUT2D eigenvalue weighted by Crippen LogP contribution is -2.22. The molecule has 1 aliphatic heterocycles. The Morgan fingerprint density at radius 2 is 2.20 bits per heavy atom. The van der Waals surface area contributed by atoms with Crippen molar-refractivity contribution < 1.29 is 0 Å². The maximum absolute atomic E-state index is 6.23. The fourth-order valence-corrected chi connectivity index (χ4v) is 3.10. The highest BCUT2D eigenvalue weighted by atomic mass is 35.5. The topological polar surface area (TPSA) is 49.7 Å². The molecule has 6 heteroatoms. The third-order valence-electron chi connectivity index (χ3n) is 3.95. The van der Waals surface area contributed by atoms with Crippen LogP contribution in [-0.4, -0.2) is 38.0 Å². The van der Waals surface area contributed by atoms with E-state index in [1.54, 1.807) is 0 Å². The van der Waals surface area contributed by atoms with Crippen LogP contribution >= 0.6 is 11.6 Å². The normalized spacial score (nSPS) is 19.9. The molecule has 1 atom stereocenters. The first-order chi connectivity index (χ1) is 9.54. The number of aromatic amines is 1. The summed E-state index contributed by atoms with van der Waals surface area (Å²) in [5.74, 6) is 0. The molecule has 20 heavy (non-hydrogen) atoms. The Hall–Kier alpha value is -1.33. The molecule has 2 aromatic rings. The van der Waals surface area contributed by atoms with E-state index >= 15 is 0 Å². The van der Waals surface area contributed by atoms with Gasteiger partial charge in [-0.2, -0.15) is 10.2 Å². The fourth-order valence-electron chi connectivity index (χ4n) is 2.95. The Morgan fingerprint density at radius 3 is 2.80 bits per heavy atom. The van der Waals surface area contributed by atoms with Gasteiger partial charge in [0, 0.05) is 25.3 Å². The quantitative estimate of drug-likeness (QED) is 0.946. The van der Waals surface area contributed by atoms with Gasteiger partial charge in [-0.1, -0.05) is 11.6 Å². The second-order valence-corrected chi connectivity index (χ2v) is 6.04. The molecule has 0 unspecified atom stereocenters. The van der Waals surface area contributed by atoms with Crippen molar-refractivity contribution in [2.45, 2.75) is 39.8 Å². The van der Waals surface area contributed by atoms with Crippen LogP contribution in [0.5, 0.6) is 0 Å². The van der Waals surface area contributed by atoms with Gasteiger partial charge in [0.25, 0.3) is 0 Å². The molecule has 108 valence electrons. The van der Waals surface area contributed by atoms with Gasteiger partial charge in [0.2, 0.25) is 0 Å². The van der Waals surface area contributed by atoms with Crippen LogP contribution < -0.4 is 0 Å². The van der Waals surface area contributed by atoms with Crippen LogP contribution in [0.1, 0.15) is 35.2 Å². The molecule has 1 fully saturated rings. The highest BCUT2D eigenvalue weighted by Gasteiger charge is 2.26. The molecule has 0 aromatic carbocycles. The molecule has 0 amide bonds. The van der Waals surface area contributed by atoms with Crippen LogP contribution in [0.15, 0.2) is 6.07 Å². The number of nitrogens with one attached hydrogen (secondary N) is 1. The number of halogens is 1. The number of rotatable bonds is 3. The number of aryl methyl sites for hydroxylation is 3. The first-order valence-corrected chi connectivity index (χ1v) is 7.37. The van der Waals surface area contributed by atoms with E-state index in [1.165, 1.54) is 5.69 Å². The number of nitrogens with zero attached hydrogens (tertiary/aromatic N) is 4. The summed E-state index contributed by atoms with van der Waals surface area (Å²) < 4.78 is 2.16. The number of H-pyrrole nitrogens is 1. The summed E-state index contributed by atoms with van der Waals surface area (Å²) in [6.07, 6.45) is 1.13. The smallest absolute Gasteiger partial charge is 0.0951 e. The second kappa shape index (κ2) is 5.22. The summed E-state index contributed by atoms with van der Waals surface area (Å²) in [5.41, 5.74) is 4.21. The predicted octanol–water partition coefficient (Wildman–Crippen LogP) is 2.63. The molecule has 2 aromatic heterocycles. The van der Waals surface area contributed by atoms with Crippen LogP contribution in [-0.2, 0) is 6.54 Å². The SMILES string of the molecule is Cc1cc(C)n([C@@H]2CCN(Cc3n[nH]c(C)c3Cl)C2)n1. The van der Waals surface area contributed by atoms with Crippen molar-refractivity contribution >= 4 is 11.6 Å². The Bertz CT molecular complexity index is 615. The highest BCUT2D eigenvalue weighted by molar-refractivity contribution is 6.31. The second-order valence-electron chi connectivity index (χ2n) is 5.66. The van der Waals surface area contributed by atoms with Crippen LogP contribution in [0.4, 0.5) is 0 Å². The van der Waals surface area contributed by atoms with E-state index in [4.69, 9.17) is 11.6 Å². The molecular formula is C14H20ClN5. The summed E-state index contributed by atoms with van der Waals surface area (Å²) in [6, 6.07) is 2.60. The Morgan fingerprint density at radius 1 is 1.40 bits per heavy atom. The van der Waals surface area contributed by atoms with E-state index in [0.29, 0.717) is 6.04 Å². The van der Waals surface area contributed by atoms with Gasteiger partial charge in [-0.3, -0.25) is 14.7 Å². The average molecular weight is 294 g/mol. The summed E-state index contributed by atoms with van der Waals surface area (Å²) in [5, 5.41) is 12.6. The van der Waals surface area contributed by atoms with Gasteiger partial charge in [0.15, 0.2) is 0 Å². The van der Waals surface area contributed by atoms with Gasteiger partial charge < -0.3 is 0 Å². The highest BCUT2D eigenvalue weighted by Crippen LogP contribution is 2.26. The summed E-state index contributed by atoms with van der Waals surface area (Å²) in [6.45, 7) is 8.98. The minimum atomic E-state index is 0.461. The van der Waals surface area contributed by atoms with E-state index in [2.05, 4.69) is 37.9 Å². The molecule has 1 aliphatic rings. The Kier molecular flexibility index (Phi) is 3.56. The third-order valence-corrected chi connectivity index (χ3v) is 4.45. The number of likely N-dealkylation sites (tertiary alicyclic amines) is 1. The molecule has 0 spiro atoms. The zero-order valence-corrected chi connectivity index (χ0v) is 12.9. The molecule has 0 saturated carbocycles. The van der Waals surface area contributed by atoms with Gasteiger partial charge in [-0.15, -0.1) is 0 Å². The van der Waals surface area contributed by atoms with Crippen LogP contribution in [0.3, 0.4) is 0 Å². The first kappa shape index (κ1) is 13.6. The minimum absolute atomic E-state index is 0.461. The number of hydrogen-bond donors (Lipinski definition) is 1. The largest absolute Gasteiger partial charge is 0.295 e. The first-order valence-electron chi connectivity index (χ1n) is 6.99. The van der Waals surface area contributed by atoms with Crippen molar-refractivity contribution in [1.29, 1.82) is 0 Å². The van der Waals surface area contributed by atoms with Crippen molar-refractivity contribution in [2.24, 2.45) is 0 Å². The van der Waals surface area contributed by atoms with E-state index < -0.39 is 0 Å². The van der Waals surface area contributed by atoms with Crippen LogP contribution in [0.2, 0.25) is 5.02 Å². The monoisotopic (exact) mass is 293 g/mol. The van der Waals surface area contributed by atoms with Crippen LogP contribution in [0.25, 0.3) is 0 Å². The van der Waals surface area contributed by atoms with Crippen molar-refractivity contribution in [3.05, 3.63) is 33.9 Å². The zero-order chi connectivity index (χ0) is 14.3. The van der Waals surface area contributed by atoms with Gasteiger partial charge in [0.05, 0.1) is 28.1 Å². The molecule has 1 saturated heterocycles. The van der Waals surface area contributed by atoms with Gasteiger partial charge >= 0.3 is 0 Å². The maximum Gasteiger partial charge on any atom is 0.0951 e. The fraction of sp³-hybridized carbons (Fsp3) is 0.571. The lowest BCUT2D eigenvalue weighted by atomic mass is 10.2. The van der Waals surface area contributed by atoms with E-state index in [0.717, 1.165) is 48.2 Å². The molecular weight excluding hydrogens is 274 g/mol. The predicted molar refractivity (Wildman–Crippen MR) is 79.0 cm³/mol. The van der Waals surface area contributed by atoms with Crippen molar-refractivity contribution in [2.75, 3.05) is 13.1 Å².